The van der Waals surface area contributed by atoms with Gasteiger partial charge in [-0.15, -0.1) is 0 Å². The molecule has 6 N–H and O–H groups in total. The van der Waals surface area contributed by atoms with Gasteiger partial charge in [0.2, 0.25) is 5.96 Å². The Balaban J connectivity index is 3.08. The first-order valence-electron chi connectivity index (χ1n) is 4.16. The van der Waals surface area contributed by atoms with Crippen molar-refractivity contribution in [2.75, 3.05) is 0 Å². The summed E-state index contributed by atoms with van der Waals surface area (Å²) >= 11 is 3.26. The van der Waals surface area contributed by atoms with Crippen molar-refractivity contribution in [2.45, 2.75) is 0 Å². The van der Waals surface area contributed by atoms with Crippen molar-refractivity contribution in [3.8, 4) is 6.07 Å². The molecule has 0 aromatic heterocycles. The van der Waals surface area contributed by atoms with Crippen molar-refractivity contribution in [2.24, 2.45) is 27.2 Å². The highest BCUT2D eigenvalue weighted by Gasteiger charge is 2.00. The summed E-state index contributed by atoms with van der Waals surface area (Å²) in [5.41, 5.74) is 16.8. The van der Waals surface area contributed by atoms with Crippen LogP contribution in [0.5, 0.6) is 0 Å². The van der Waals surface area contributed by atoms with E-state index in [4.69, 9.17) is 22.5 Å². The number of halogens is 1. The second kappa shape index (κ2) is 5.14. The number of guanidine groups is 2. The number of nitriles is 1. The maximum absolute atomic E-state index is 8.67. The summed E-state index contributed by atoms with van der Waals surface area (Å²) in [4.78, 5) is 7.54. The van der Waals surface area contributed by atoms with E-state index in [2.05, 4.69) is 25.9 Å². The van der Waals surface area contributed by atoms with Gasteiger partial charge < -0.3 is 17.2 Å². The van der Waals surface area contributed by atoms with E-state index in [-0.39, 0.29) is 11.9 Å². The molecule has 7 heteroatoms. The van der Waals surface area contributed by atoms with E-state index >= 15 is 0 Å². The standard InChI is InChI=1S/C9H9BrN6/c10-6-3-5(4-11)1-2-7(6)15-9(14)16-8(12)13/h1-3H,(H6,12,13,14,15,16). The fourth-order valence-corrected chi connectivity index (χ4v) is 1.42. The van der Waals surface area contributed by atoms with Crippen LogP contribution in [-0.4, -0.2) is 11.9 Å². The van der Waals surface area contributed by atoms with Crippen LogP contribution in [0.25, 0.3) is 0 Å². The number of nitrogens with zero attached hydrogens (tertiary/aromatic N) is 3. The Labute approximate surface area is 101 Å². The summed E-state index contributed by atoms with van der Waals surface area (Å²) in [6.45, 7) is 0. The number of benzene rings is 1. The lowest BCUT2D eigenvalue weighted by Crippen LogP contribution is -2.26. The average Bonchev–Trinajstić information content (AvgIpc) is 2.19. The average molecular weight is 281 g/mol. The summed E-state index contributed by atoms with van der Waals surface area (Å²) in [5, 5.41) is 8.67. The van der Waals surface area contributed by atoms with E-state index in [9.17, 15) is 0 Å². The van der Waals surface area contributed by atoms with E-state index in [0.29, 0.717) is 15.7 Å². The number of hydrogen-bond acceptors (Lipinski definition) is 2. The van der Waals surface area contributed by atoms with Crippen molar-refractivity contribution in [3.63, 3.8) is 0 Å². The van der Waals surface area contributed by atoms with Crippen molar-refractivity contribution in [3.05, 3.63) is 28.2 Å². The maximum Gasteiger partial charge on any atom is 0.223 e. The molecule has 0 saturated carbocycles. The fraction of sp³-hybridized carbons (Fsp3) is 0. The summed E-state index contributed by atoms with van der Waals surface area (Å²) in [6.07, 6.45) is 0. The van der Waals surface area contributed by atoms with Crippen LogP contribution in [0.1, 0.15) is 5.56 Å². The Morgan fingerprint density at radius 1 is 1.31 bits per heavy atom. The first-order chi connectivity index (χ1) is 7.52. The minimum atomic E-state index is -0.161. The molecular formula is C9H9BrN6. The zero-order chi connectivity index (χ0) is 12.1. The molecule has 0 unspecified atom stereocenters. The topological polar surface area (TPSA) is 127 Å². The molecule has 0 saturated heterocycles. The fourth-order valence-electron chi connectivity index (χ4n) is 0.948. The van der Waals surface area contributed by atoms with Crippen LogP contribution >= 0.6 is 15.9 Å². The Morgan fingerprint density at radius 2 is 2.00 bits per heavy atom. The molecule has 0 bridgehead atoms. The van der Waals surface area contributed by atoms with Crippen LogP contribution in [0.2, 0.25) is 0 Å². The molecule has 0 fully saturated rings. The van der Waals surface area contributed by atoms with Gasteiger partial charge in [0, 0.05) is 4.47 Å². The van der Waals surface area contributed by atoms with Gasteiger partial charge in [-0.05, 0) is 34.1 Å². The van der Waals surface area contributed by atoms with E-state index in [1.807, 2.05) is 6.07 Å². The Morgan fingerprint density at radius 3 is 2.50 bits per heavy atom. The third-order valence-corrected chi connectivity index (χ3v) is 2.19. The predicted octanol–water partition coefficient (Wildman–Crippen LogP) is 0.540. The van der Waals surface area contributed by atoms with Gasteiger partial charge in [-0.2, -0.15) is 10.3 Å². The van der Waals surface area contributed by atoms with E-state index < -0.39 is 0 Å². The van der Waals surface area contributed by atoms with Crippen LogP contribution in [0.3, 0.4) is 0 Å². The minimum Gasteiger partial charge on any atom is -0.370 e. The van der Waals surface area contributed by atoms with E-state index in [1.54, 1.807) is 18.2 Å². The SMILES string of the molecule is N#Cc1ccc(N=C(N)N=C(N)N)c(Br)c1. The van der Waals surface area contributed by atoms with Crippen LogP contribution in [0.4, 0.5) is 5.69 Å². The quantitative estimate of drug-likeness (QED) is 0.512. The van der Waals surface area contributed by atoms with Gasteiger partial charge >= 0.3 is 0 Å². The number of nitrogens with two attached hydrogens (primary N) is 3. The van der Waals surface area contributed by atoms with Crippen LogP contribution in [0.15, 0.2) is 32.7 Å². The monoisotopic (exact) mass is 280 g/mol. The molecule has 0 heterocycles. The Kier molecular flexibility index (Phi) is 3.85. The molecule has 1 aromatic carbocycles. The van der Waals surface area contributed by atoms with Gasteiger partial charge in [0.05, 0.1) is 17.3 Å². The highest BCUT2D eigenvalue weighted by atomic mass is 79.9. The van der Waals surface area contributed by atoms with Gasteiger partial charge in [-0.1, -0.05) is 0 Å². The second-order valence-corrected chi connectivity index (χ2v) is 3.64. The molecule has 0 aliphatic heterocycles. The van der Waals surface area contributed by atoms with Crippen LogP contribution in [-0.2, 0) is 0 Å². The number of aliphatic imine (C=N–C) groups is 2. The number of rotatable bonds is 1. The van der Waals surface area contributed by atoms with Gasteiger partial charge in [0.1, 0.15) is 0 Å². The Bertz CT molecular complexity index is 495. The minimum absolute atomic E-state index is 0.0505. The lowest BCUT2D eigenvalue weighted by atomic mass is 10.2. The molecule has 0 atom stereocenters. The molecule has 0 amide bonds. The summed E-state index contributed by atoms with van der Waals surface area (Å²) in [7, 11) is 0. The van der Waals surface area contributed by atoms with Crippen molar-refractivity contribution in [1.29, 1.82) is 5.26 Å². The molecular weight excluding hydrogens is 272 g/mol. The molecule has 0 aliphatic carbocycles. The normalized spacial score (nSPS) is 10.6. The summed E-state index contributed by atoms with van der Waals surface area (Å²) in [5.74, 6) is -0.212. The summed E-state index contributed by atoms with van der Waals surface area (Å²) in [6, 6.07) is 6.88. The van der Waals surface area contributed by atoms with Crippen molar-refractivity contribution < 1.29 is 0 Å². The van der Waals surface area contributed by atoms with Crippen LogP contribution in [0, 0.1) is 11.3 Å². The predicted molar refractivity (Wildman–Crippen MR) is 65.9 cm³/mol. The molecule has 16 heavy (non-hydrogen) atoms. The molecule has 0 spiro atoms. The number of hydrogen-bond donors (Lipinski definition) is 3. The third kappa shape index (κ3) is 3.25. The van der Waals surface area contributed by atoms with E-state index in [1.165, 1.54) is 0 Å². The van der Waals surface area contributed by atoms with Crippen molar-refractivity contribution in [1.82, 2.24) is 0 Å². The van der Waals surface area contributed by atoms with Gasteiger partial charge in [-0.25, -0.2) is 4.99 Å². The van der Waals surface area contributed by atoms with Crippen molar-refractivity contribution >= 4 is 33.5 Å². The zero-order valence-electron chi connectivity index (χ0n) is 8.18. The maximum atomic E-state index is 8.67. The highest BCUT2D eigenvalue weighted by Crippen LogP contribution is 2.26. The van der Waals surface area contributed by atoms with Crippen LogP contribution < -0.4 is 17.2 Å². The Hall–Kier alpha value is -2.07. The van der Waals surface area contributed by atoms with Gasteiger partial charge in [0.25, 0.3) is 0 Å². The first-order valence-corrected chi connectivity index (χ1v) is 4.95. The first kappa shape index (κ1) is 12.0. The molecule has 0 radical (unpaired) electrons. The second-order valence-electron chi connectivity index (χ2n) is 2.78. The molecule has 82 valence electrons. The zero-order valence-corrected chi connectivity index (χ0v) is 9.77. The lowest BCUT2D eigenvalue weighted by Gasteiger charge is -1.99. The smallest absolute Gasteiger partial charge is 0.223 e. The molecule has 1 rings (SSSR count). The van der Waals surface area contributed by atoms with Gasteiger partial charge in [0.15, 0.2) is 5.96 Å². The van der Waals surface area contributed by atoms with Gasteiger partial charge in [-0.3, -0.25) is 0 Å². The summed E-state index contributed by atoms with van der Waals surface area (Å²) < 4.78 is 0.639. The molecule has 6 nitrogen and oxygen atoms in total. The largest absolute Gasteiger partial charge is 0.370 e. The van der Waals surface area contributed by atoms with E-state index in [0.717, 1.165) is 0 Å². The highest BCUT2D eigenvalue weighted by molar-refractivity contribution is 9.10. The molecule has 1 aromatic rings. The lowest BCUT2D eigenvalue weighted by molar-refractivity contribution is 1.37. The third-order valence-electron chi connectivity index (χ3n) is 1.56. The molecule has 0 aliphatic rings.